The standard InChI is InChI=1S/C15H21N3O3/c1-4-13-12-9-17(15(19)21-3)6-5-14(12)18(16-13)10-7-11(8-10)20-2/h4,10-11H,1,5-9H2,2-3H3. The van der Waals surface area contributed by atoms with E-state index in [2.05, 4.69) is 16.4 Å². The molecule has 3 rings (SSSR count). The SMILES string of the molecule is C=Cc1nn(C2CC(OC)C2)c2c1CN(C(=O)OC)CC2. The fourth-order valence-corrected chi connectivity index (χ4v) is 3.15. The fourth-order valence-electron chi connectivity index (χ4n) is 3.15. The third kappa shape index (κ3) is 2.33. The Morgan fingerprint density at radius 2 is 2.19 bits per heavy atom. The average Bonchev–Trinajstić information content (AvgIpc) is 2.83. The number of methoxy groups -OCH3 is 2. The molecule has 0 unspecified atom stereocenters. The van der Waals surface area contributed by atoms with E-state index in [4.69, 9.17) is 9.47 Å². The molecule has 1 aliphatic heterocycles. The van der Waals surface area contributed by atoms with Crippen LogP contribution in [0.25, 0.3) is 6.08 Å². The van der Waals surface area contributed by atoms with Crippen molar-refractivity contribution in [2.24, 2.45) is 0 Å². The molecule has 21 heavy (non-hydrogen) atoms. The second-order valence-electron chi connectivity index (χ2n) is 5.58. The first-order valence-electron chi connectivity index (χ1n) is 7.26. The largest absolute Gasteiger partial charge is 0.453 e. The zero-order valence-corrected chi connectivity index (χ0v) is 12.5. The molecule has 0 radical (unpaired) electrons. The van der Waals surface area contributed by atoms with Crippen LogP contribution < -0.4 is 0 Å². The van der Waals surface area contributed by atoms with E-state index in [-0.39, 0.29) is 6.09 Å². The van der Waals surface area contributed by atoms with Crippen molar-refractivity contribution in [3.8, 4) is 0 Å². The van der Waals surface area contributed by atoms with Crippen LogP contribution in [-0.2, 0) is 22.4 Å². The van der Waals surface area contributed by atoms with Crippen LogP contribution in [0.2, 0.25) is 0 Å². The Balaban J connectivity index is 1.85. The van der Waals surface area contributed by atoms with Gasteiger partial charge in [0.15, 0.2) is 0 Å². The Hall–Kier alpha value is -1.82. The normalized spacial score (nSPS) is 24.2. The number of aromatic nitrogens is 2. The molecule has 1 saturated carbocycles. The maximum Gasteiger partial charge on any atom is 0.409 e. The molecule has 1 aliphatic carbocycles. The van der Waals surface area contributed by atoms with Crippen molar-refractivity contribution in [1.82, 2.24) is 14.7 Å². The van der Waals surface area contributed by atoms with E-state index in [1.54, 1.807) is 18.1 Å². The summed E-state index contributed by atoms with van der Waals surface area (Å²) in [6, 6.07) is 0.405. The summed E-state index contributed by atoms with van der Waals surface area (Å²) in [6.07, 6.45) is 4.63. The van der Waals surface area contributed by atoms with Gasteiger partial charge in [-0.1, -0.05) is 6.58 Å². The van der Waals surface area contributed by atoms with Gasteiger partial charge in [0.2, 0.25) is 0 Å². The number of carbonyl (C=O) groups excluding carboxylic acids is 1. The van der Waals surface area contributed by atoms with Crippen molar-refractivity contribution in [2.45, 2.75) is 38.0 Å². The highest BCUT2D eigenvalue weighted by Crippen LogP contribution is 2.37. The Bertz CT molecular complexity index is 561. The van der Waals surface area contributed by atoms with E-state index in [1.807, 2.05) is 0 Å². The molecule has 0 saturated heterocycles. The second-order valence-corrected chi connectivity index (χ2v) is 5.58. The number of fused-ring (bicyclic) bond motifs is 1. The second kappa shape index (κ2) is 5.52. The fraction of sp³-hybridized carbons (Fsp3) is 0.600. The quantitative estimate of drug-likeness (QED) is 0.854. The highest BCUT2D eigenvalue weighted by atomic mass is 16.5. The molecule has 0 aromatic carbocycles. The number of nitrogens with zero attached hydrogens (tertiary/aromatic N) is 3. The Labute approximate surface area is 124 Å². The van der Waals surface area contributed by atoms with Gasteiger partial charge < -0.3 is 14.4 Å². The smallest absolute Gasteiger partial charge is 0.409 e. The van der Waals surface area contributed by atoms with E-state index in [0.717, 1.165) is 30.5 Å². The zero-order valence-electron chi connectivity index (χ0n) is 12.5. The lowest BCUT2D eigenvalue weighted by Gasteiger charge is -2.36. The predicted octanol–water partition coefficient (Wildman–Crippen LogP) is 2.00. The molecule has 0 spiro atoms. The minimum Gasteiger partial charge on any atom is -0.453 e. The minimum absolute atomic E-state index is 0.286. The van der Waals surface area contributed by atoms with Crippen LogP contribution in [0.4, 0.5) is 4.79 Å². The predicted molar refractivity (Wildman–Crippen MR) is 77.9 cm³/mol. The molecule has 1 aromatic heterocycles. The summed E-state index contributed by atoms with van der Waals surface area (Å²) in [7, 11) is 3.16. The summed E-state index contributed by atoms with van der Waals surface area (Å²) >= 11 is 0. The number of amides is 1. The Morgan fingerprint density at radius 1 is 1.43 bits per heavy atom. The first kappa shape index (κ1) is 14.1. The lowest BCUT2D eigenvalue weighted by molar-refractivity contribution is 0.00134. The summed E-state index contributed by atoms with van der Waals surface area (Å²) in [5.41, 5.74) is 3.20. The highest BCUT2D eigenvalue weighted by Gasteiger charge is 2.35. The molecule has 6 heteroatoms. The molecular weight excluding hydrogens is 270 g/mol. The van der Waals surface area contributed by atoms with E-state index >= 15 is 0 Å². The number of hydrogen-bond donors (Lipinski definition) is 0. The van der Waals surface area contributed by atoms with Crippen LogP contribution in [0.3, 0.4) is 0 Å². The minimum atomic E-state index is -0.286. The van der Waals surface area contributed by atoms with Gasteiger partial charge in [0.05, 0.1) is 31.5 Å². The Morgan fingerprint density at radius 3 is 2.81 bits per heavy atom. The number of carbonyl (C=O) groups is 1. The monoisotopic (exact) mass is 291 g/mol. The first-order chi connectivity index (χ1) is 10.2. The number of hydrogen-bond acceptors (Lipinski definition) is 4. The Kier molecular flexibility index (Phi) is 3.71. The van der Waals surface area contributed by atoms with Crippen molar-refractivity contribution < 1.29 is 14.3 Å². The van der Waals surface area contributed by atoms with E-state index in [9.17, 15) is 4.79 Å². The van der Waals surface area contributed by atoms with Crippen LogP contribution in [0.15, 0.2) is 6.58 Å². The highest BCUT2D eigenvalue weighted by molar-refractivity contribution is 5.68. The first-order valence-corrected chi connectivity index (χ1v) is 7.26. The maximum absolute atomic E-state index is 11.7. The molecule has 6 nitrogen and oxygen atoms in total. The summed E-state index contributed by atoms with van der Waals surface area (Å²) in [4.78, 5) is 13.4. The van der Waals surface area contributed by atoms with Gasteiger partial charge >= 0.3 is 6.09 Å². The lowest BCUT2D eigenvalue weighted by Crippen LogP contribution is -2.38. The molecule has 1 amide bonds. The third-order valence-corrected chi connectivity index (χ3v) is 4.49. The van der Waals surface area contributed by atoms with Crippen molar-refractivity contribution in [3.05, 3.63) is 23.5 Å². The molecule has 1 aromatic rings. The summed E-state index contributed by atoms with van der Waals surface area (Å²) in [6.45, 7) is 5.06. The summed E-state index contributed by atoms with van der Waals surface area (Å²) in [5, 5.41) is 4.68. The molecule has 114 valence electrons. The van der Waals surface area contributed by atoms with Crippen LogP contribution >= 0.6 is 0 Å². The van der Waals surface area contributed by atoms with Gasteiger partial charge in [-0.2, -0.15) is 5.10 Å². The summed E-state index contributed by atoms with van der Waals surface area (Å²) < 4.78 is 12.3. The zero-order chi connectivity index (χ0) is 15.0. The maximum atomic E-state index is 11.7. The van der Waals surface area contributed by atoms with Gasteiger partial charge in [-0.3, -0.25) is 4.68 Å². The van der Waals surface area contributed by atoms with Gasteiger partial charge in [0.25, 0.3) is 0 Å². The number of ether oxygens (including phenoxy) is 2. The molecule has 0 N–H and O–H groups in total. The van der Waals surface area contributed by atoms with Crippen molar-refractivity contribution in [3.63, 3.8) is 0 Å². The van der Waals surface area contributed by atoms with Crippen molar-refractivity contribution >= 4 is 12.2 Å². The van der Waals surface area contributed by atoms with Crippen LogP contribution in [0.5, 0.6) is 0 Å². The average molecular weight is 291 g/mol. The van der Waals surface area contributed by atoms with Gasteiger partial charge in [-0.25, -0.2) is 4.79 Å². The van der Waals surface area contributed by atoms with Crippen LogP contribution in [0.1, 0.15) is 35.8 Å². The van der Waals surface area contributed by atoms with Gasteiger partial charge in [0.1, 0.15) is 0 Å². The van der Waals surface area contributed by atoms with Crippen molar-refractivity contribution in [2.75, 3.05) is 20.8 Å². The topological polar surface area (TPSA) is 56.6 Å². The lowest BCUT2D eigenvalue weighted by atomic mass is 9.89. The number of rotatable bonds is 3. The van der Waals surface area contributed by atoms with Gasteiger partial charge in [-0.15, -0.1) is 0 Å². The van der Waals surface area contributed by atoms with Gasteiger partial charge in [0, 0.05) is 31.3 Å². The van der Waals surface area contributed by atoms with E-state index < -0.39 is 0 Å². The van der Waals surface area contributed by atoms with E-state index in [1.165, 1.54) is 12.8 Å². The van der Waals surface area contributed by atoms with Crippen LogP contribution in [-0.4, -0.2) is 47.6 Å². The van der Waals surface area contributed by atoms with Crippen LogP contribution in [0, 0.1) is 0 Å². The van der Waals surface area contributed by atoms with Gasteiger partial charge in [-0.05, 0) is 18.9 Å². The molecule has 0 bridgehead atoms. The molecular formula is C15H21N3O3. The molecule has 2 heterocycles. The van der Waals surface area contributed by atoms with Crippen molar-refractivity contribution in [1.29, 1.82) is 0 Å². The molecule has 2 aliphatic rings. The van der Waals surface area contributed by atoms with E-state index in [0.29, 0.717) is 25.2 Å². The summed E-state index contributed by atoms with van der Waals surface area (Å²) in [5.74, 6) is 0. The third-order valence-electron chi connectivity index (χ3n) is 4.49. The molecule has 0 atom stereocenters. The molecule has 1 fully saturated rings.